The number of piperazine rings is 1. The van der Waals surface area contributed by atoms with Crippen molar-refractivity contribution in [3.8, 4) is 11.4 Å². The van der Waals surface area contributed by atoms with Gasteiger partial charge in [0.1, 0.15) is 5.82 Å². The van der Waals surface area contributed by atoms with Crippen LogP contribution in [-0.2, 0) is 4.79 Å². The summed E-state index contributed by atoms with van der Waals surface area (Å²) in [6.45, 7) is 4.20. The zero-order chi connectivity index (χ0) is 20.4. The van der Waals surface area contributed by atoms with Crippen molar-refractivity contribution in [3.05, 3.63) is 42.0 Å². The van der Waals surface area contributed by atoms with Crippen molar-refractivity contribution in [2.24, 2.45) is 0 Å². The Morgan fingerprint density at radius 2 is 1.62 bits per heavy atom. The maximum Gasteiger partial charge on any atom is 0.278 e. The van der Waals surface area contributed by atoms with E-state index in [0.29, 0.717) is 38.4 Å². The van der Waals surface area contributed by atoms with E-state index in [2.05, 4.69) is 10.00 Å². The average Bonchev–Trinajstić information content (AvgIpc) is 3.39. The van der Waals surface area contributed by atoms with Gasteiger partial charge in [0.25, 0.3) is 5.91 Å². The molecule has 0 bridgehead atoms. The van der Waals surface area contributed by atoms with Crippen molar-refractivity contribution in [2.45, 2.75) is 12.8 Å². The van der Waals surface area contributed by atoms with Crippen molar-refractivity contribution in [1.82, 2.24) is 24.5 Å². The van der Waals surface area contributed by atoms with Gasteiger partial charge in [-0.05, 0) is 37.1 Å². The molecule has 3 heterocycles. The molecule has 2 aliphatic rings. The topological polar surface area (TPSA) is 81.9 Å². The first-order valence-electron chi connectivity index (χ1n) is 9.85. The van der Waals surface area contributed by atoms with Crippen LogP contribution in [0.3, 0.4) is 0 Å². The van der Waals surface area contributed by atoms with Crippen molar-refractivity contribution in [3.63, 3.8) is 0 Å². The molecule has 2 aromatic rings. The molecule has 1 aromatic heterocycles. The summed E-state index contributed by atoms with van der Waals surface area (Å²) in [4.78, 5) is 30.7. The molecule has 0 aliphatic carbocycles. The summed E-state index contributed by atoms with van der Waals surface area (Å²) in [5.41, 5.74) is 0.516. The number of rotatable bonds is 4. The summed E-state index contributed by atoms with van der Waals surface area (Å²) in [7, 11) is 0. The molecule has 0 saturated carbocycles. The molecule has 0 unspecified atom stereocenters. The number of hydrogen-bond donors (Lipinski definition) is 1. The van der Waals surface area contributed by atoms with Gasteiger partial charge in [-0.1, -0.05) is 0 Å². The molecule has 0 atom stereocenters. The molecule has 1 N–H and O–H groups in total. The Labute approximate surface area is 168 Å². The van der Waals surface area contributed by atoms with Gasteiger partial charge in [0, 0.05) is 39.3 Å². The van der Waals surface area contributed by atoms with Crippen LogP contribution in [0.1, 0.15) is 23.3 Å². The number of nitrogens with zero attached hydrogens (tertiary/aromatic N) is 5. The summed E-state index contributed by atoms with van der Waals surface area (Å²) in [6.07, 6.45) is 3.48. The summed E-state index contributed by atoms with van der Waals surface area (Å²) >= 11 is 0. The highest BCUT2D eigenvalue weighted by Gasteiger charge is 2.28. The van der Waals surface area contributed by atoms with Crippen LogP contribution in [0.4, 0.5) is 4.39 Å². The second kappa shape index (κ2) is 8.20. The lowest BCUT2D eigenvalue weighted by Crippen LogP contribution is -2.51. The predicted molar refractivity (Wildman–Crippen MR) is 103 cm³/mol. The largest absolute Gasteiger partial charge is 0.504 e. The van der Waals surface area contributed by atoms with Crippen LogP contribution < -0.4 is 0 Å². The van der Waals surface area contributed by atoms with Crippen LogP contribution >= 0.6 is 0 Å². The lowest BCUT2D eigenvalue weighted by atomic mass is 10.2. The van der Waals surface area contributed by atoms with Gasteiger partial charge in [0.2, 0.25) is 5.91 Å². The number of aromatic hydroxyl groups is 1. The molecule has 2 fully saturated rings. The predicted octanol–water partition coefficient (Wildman–Crippen LogP) is 1.10. The third-order valence-corrected chi connectivity index (χ3v) is 5.47. The second-order valence-corrected chi connectivity index (χ2v) is 7.44. The van der Waals surface area contributed by atoms with Crippen molar-refractivity contribution >= 4 is 11.8 Å². The summed E-state index contributed by atoms with van der Waals surface area (Å²) < 4.78 is 14.4. The van der Waals surface area contributed by atoms with Crippen molar-refractivity contribution < 1.29 is 19.1 Å². The Kier molecular flexibility index (Phi) is 5.48. The van der Waals surface area contributed by atoms with Gasteiger partial charge in [-0.25, -0.2) is 9.07 Å². The first-order valence-corrected chi connectivity index (χ1v) is 9.85. The first kappa shape index (κ1) is 19.4. The van der Waals surface area contributed by atoms with Crippen LogP contribution in [0.15, 0.2) is 30.5 Å². The van der Waals surface area contributed by atoms with Crippen LogP contribution in [0.5, 0.6) is 5.75 Å². The maximum atomic E-state index is 13.1. The highest BCUT2D eigenvalue weighted by molar-refractivity contribution is 5.95. The Balaban J connectivity index is 1.36. The van der Waals surface area contributed by atoms with Crippen LogP contribution in [0, 0.1) is 5.82 Å². The van der Waals surface area contributed by atoms with E-state index >= 15 is 0 Å². The highest BCUT2D eigenvalue weighted by Crippen LogP contribution is 2.21. The van der Waals surface area contributed by atoms with E-state index in [-0.39, 0.29) is 29.1 Å². The van der Waals surface area contributed by atoms with E-state index < -0.39 is 0 Å². The van der Waals surface area contributed by atoms with E-state index in [9.17, 15) is 19.1 Å². The van der Waals surface area contributed by atoms with E-state index in [1.807, 2.05) is 4.90 Å². The lowest BCUT2D eigenvalue weighted by molar-refractivity contribution is -0.131. The quantitative estimate of drug-likeness (QED) is 0.830. The minimum absolute atomic E-state index is 0.0316. The third-order valence-electron chi connectivity index (χ3n) is 5.47. The Morgan fingerprint density at radius 3 is 2.28 bits per heavy atom. The molecule has 2 amide bonds. The smallest absolute Gasteiger partial charge is 0.278 e. The highest BCUT2D eigenvalue weighted by atomic mass is 19.1. The van der Waals surface area contributed by atoms with Crippen molar-refractivity contribution in [1.29, 1.82) is 0 Å². The Hall–Kier alpha value is -2.94. The molecule has 154 valence electrons. The van der Waals surface area contributed by atoms with Gasteiger partial charge >= 0.3 is 0 Å². The minimum atomic E-state index is -0.373. The minimum Gasteiger partial charge on any atom is -0.504 e. The number of amides is 2. The monoisotopic (exact) mass is 401 g/mol. The zero-order valence-electron chi connectivity index (χ0n) is 16.1. The molecular formula is C20H24FN5O3. The number of aromatic nitrogens is 2. The van der Waals surface area contributed by atoms with Crippen molar-refractivity contribution in [2.75, 3.05) is 45.8 Å². The Morgan fingerprint density at radius 1 is 0.966 bits per heavy atom. The lowest BCUT2D eigenvalue weighted by Gasteiger charge is -2.34. The van der Waals surface area contributed by atoms with Gasteiger partial charge < -0.3 is 14.9 Å². The summed E-state index contributed by atoms with van der Waals surface area (Å²) in [6, 6.07) is 5.62. The fourth-order valence-electron chi connectivity index (χ4n) is 3.76. The molecule has 2 saturated heterocycles. The van der Waals surface area contributed by atoms with E-state index in [1.54, 1.807) is 4.90 Å². The fraction of sp³-hybridized carbons (Fsp3) is 0.450. The number of hydrogen-bond acceptors (Lipinski definition) is 5. The molecular weight excluding hydrogens is 377 g/mol. The van der Waals surface area contributed by atoms with Crippen LogP contribution in [0.2, 0.25) is 0 Å². The molecule has 9 heteroatoms. The number of carbonyl (C=O) groups excluding carboxylic acids is 2. The number of halogens is 1. The third kappa shape index (κ3) is 4.24. The normalized spacial score (nSPS) is 17.7. The number of carbonyl (C=O) groups is 2. The van der Waals surface area contributed by atoms with Gasteiger partial charge in [-0.2, -0.15) is 5.10 Å². The average molecular weight is 401 g/mol. The van der Waals surface area contributed by atoms with Gasteiger partial charge in [0.15, 0.2) is 11.4 Å². The SMILES string of the molecule is O=C(CN1CCN(C(=O)c2nn(-c3ccc(F)cc3)cc2O)CC1)N1CCCC1. The van der Waals surface area contributed by atoms with E-state index in [1.165, 1.54) is 35.1 Å². The maximum absolute atomic E-state index is 13.1. The fourth-order valence-corrected chi connectivity index (χ4v) is 3.76. The molecule has 8 nitrogen and oxygen atoms in total. The van der Waals surface area contributed by atoms with Gasteiger partial charge in [-0.3, -0.25) is 14.5 Å². The van der Waals surface area contributed by atoms with Gasteiger partial charge in [-0.15, -0.1) is 0 Å². The second-order valence-electron chi connectivity index (χ2n) is 7.44. The van der Waals surface area contributed by atoms with Crippen LogP contribution in [-0.4, -0.2) is 87.2 Å². The first-order chi connectivity index (χ1) is 14.0. The zero-order valence-corrected chi connectivity index (χ0v) is 16.1. The summed E-state index contributed by atoms with van der Waals surface area (Å²) in [5.74, 6) is -0.791. The molecule has 1 aromatic carbocycles. The molecule has 0 spiro atoms. The molecule has 2 aliphatic heterocycles. The molecule has 29 heavy (non-hydrogen) atoms. The Bertz CT molecular complexity index is 884. The summed E-state index contributed by atoms with van der Waals surface area (Å²) in [5, 5.41) is 14.4. The molecule has 4 rings (SSSR count). The van der Waals surface area contributed by atoms with E-state index in [0.717, 1.165) is 25.9 Å². The van der Waals surface area contributed by atoms with Crippen LogP contribution in [0.25, 0.3) is 5.69 Å². The van der Waals surface area contributed by atoms with Gasteiger partial charge in [0.05, 0.1) is 18.4 Å². The van der Waals surface area contributed by atoms with E-state index in [4.69, 9.17) is 0 Å². The number of likely N-dealkylation sites (tertiary alicyclic amines) is 1. The number of benzene rings is 1. The molecule has 0 radical (unpaired) electrons. The standard InChI is InChI=1S/C20H24FN5O3/c21-15-3-5-16(6-4-15)26-13-17(27)19(22-26)20(29)25-11-9-23(10-12-25)14-18(28)24-7-1-2-8-24/h3-6,13,27H,1-2,7-12,14H2.